The lowest BCUT2D eigenvalue weighted by molar-refractivity contribution is -0.134. The third-order valence-corrected chi connectivity index (χ3v) is 5.59. The SMILES string of the molecule is Cc1cc(C)cc(NC(=O)c2cncc(N3C[C@H]4CNC[C@H]4C3)c2)c1.O=C(O)/C=C/C(=O)O. The van der Waals surface area contributed by atoms with Gasteiger partial charge in [0.25, 0.3) is 5.91 Å². The number of amides is 1. The molecule has 4 rings (SSSR count). The van der Waals surface area contributed by atoms with Crippen LogP contribution in [0.5, 0.6) is 0 Å². The van der Waals surface area contributed by atoms with Gasteiger partial charge in [-0.1, -0.05) is 6.07 Å². The van der Waals surface area contributed by atoms with Crippen LogP contribution in [-0.4, -0.2) is 59.2 Å². The van der Waals surface area contributed by atoms with Crippen LogP contribution in [0.4, 0.5) is 11.4 Å². The van der Waals surface area contributed by atoms with Crippen LogP contribution < -0.4 is 15.5 Å². The van der Waals surface area contributed by atoms with Crippen LogP contribution in [0.3, 0.4) is 0 Å². The summed E-state index contributed by atoms with van der Waals surface area (Å²) in [7, 11) is 0. The van der Waals surface area contributed by atoms with Gasteiger partial charge in [-0.05, 0) is 55.0 Å². The van der Waals surface area contributed by atoms with Crippen LogP contribution >= 0.6 is 0 Å². The number of carboxylic acid groups (broad SMARTS) is 2. The molecule has 4 N–H and O–H groups in total. The lowest BCUT2D eigenvalue weighted by Crippen LogP contribution is -2.26. The molecule has 2 saturated heterocycles. The van der Waals surface area contributed by atoms with Crippen molar-refractivity contribution in [3.63, 3.8) is 0 Å². The minimum Gasteiger partial charge on any atom is -0.478 e. The summed E-state index contributed by atoms with van der Waals surface area (Å²) in [6, 6.07) is 8.02. The van der Waals surface area contributed by atoms with E-state index in [1.807, 2.05) is 38.2 Å². The number of aliphatic carboxylic acids is 2. The molecule has 2 aromatic rings. The molecular weight excluding hydrogens is 424 g/mol. The van der Waals surface area contributed by atoms with Crippen LogP contribution in [-0.2, 0) is 9.59 Å². The van der Waals surface area contributed by atoms with Crippen LogP contribution in [0.1, 0.15) is 21.5 Å². The first kappa shape index (κ1) is 23.9. The van der Waals surface area contributed by atoms with E-state index in [1.165, 1.54) is 0 Å². The molecule has 0 unspecified atom stereocenters. The highest BCUT2D eigenvalue weighted by atomic mass is 16.4. The molecule has 9 nitrogen and oxygen atoms in total. The lowest BCUT2D eigenvalue weighted by Gasteiger charge is -2.20. The Bertz CT molecular complexity index is 1020. The summed E-state index contributed by atoms with van der Waals surface area (Å²) < 4.78 is 0. The normalized spacial score (nSPS) is 19.0. The number of carbonyl (C=O) groups is 3. The largest absolute Gasteiger partial charge is 0.478 e. The number of aromatic nitrogens is 1. The summed E-state index contributed by atoms with van der Waals surface area (Å²) in [4.78, 5) is 38.4. The topological polar surface area (TPSA) is 132 Å². The fraction of sp³-hybridized carbons (Fsp3) is 0.333. The van der Waals surface area contributed by atoms with Crippen molar-refractivity contribution in [2.75, 3.05) is 36.4 Å². The maximum atomic E-state index is 12.6. The van der Waals surface area contributed by atoms with Gasteiger partial charge < -0.3 is 25.7 Å². The van der Waals surface area contributed by atoms with Gasteiger partial charge in [0.2, 0.25) is 0 Å². The van der Waals surface area contributed by atoms with Crippen LogP contribution in [0.15, 0.2) is 48.8 Å². The number of benzene rings is 1. The van der Waals surface area contributed by atoms with E-state index in [-0.39, 0.29) is 5.91 Å². The third kappa shape index (κ3) is 6.88. The molecular formula is C24H28N4O5. The molecule has 2 aliphatic rings. The Labute approximate surface area is 192 Å². The maximum Gasteiger partial charge on any atom is 0.328 e. The summed E-state index contributed by atoms with van der Waals surface area (Å²) in [6.07, 6.45) is 4.62. The second-order valence-electron chi connectivity index (χ2n) is 8.36. The molecule has 0 spiro atoms. The Balaban J connectivity index is 0.000000331. The number of anilines is 2. The first-order valence-electron chi connectivity index (χ1n) is 10.7. The summed E-state index contributed by atoms with van der Waals surface area (Å²) in [5.74, 6) is -1.19. The molecule has 2 aliphatic heterocycles. The standard InChI is InChI=1S/C20H24N4O.C4H4O4/c1-13-3-14(2)5-18(4-13)23-20(25)15-6-19(10-22-7-15)24-11-16-8-21-9-17(16)12-24;5-3(6)1-2-4(7)8/h3-7,10,16-17,21H,8-9,11-12H2,1-2H3,(H,23,25);1-2H,(H,5,6)(H,7,8)/b;2-1+/t16-,17+;. The Hall–Kier alpha value is -3.72. The smallest absolute Gasteiger partial charge is 0.328 e. The Morgan fingerprint density at radius 2 is 1.55 bits per heavy atom. The highest BCUT2D eigenvalue weighted by Gasteiger charge is 2.36. The van der Waals surface area contributed by atoms with Gasteiger partial charge in [0, 0.05) is 50.2 Å². The Kier molecular flexibility index (Phi) is 7.78. The van der Waals surface area contributed by atoms with Gasteiger partial charge in [-0.3, -0.25) is 9.78 Å². The Morgan fingerprint density at radius 3 is 2.09 bits per heavy atom. The fourth-order valence-corrected chi connectivity index (χ4v) is 4.18. The number of fused-ring (bicyclic) bond motifs is 1. The van der Waals surface area contributed by atoms with E-state index in [4.69, 9.17) is 10.2 Å². The van der Waals surface area contributed by atoms with E-state index in [0.717, 1.165) is 48.7 Å². The zero-order valence-electron chi connectivity index (χ0n) is 18.6. The first-order chi connectivity index (χ1) is 15.7. The summed E-state index contributed by atoms with van der Waals surface area (Å²) in [6.45, 7) is 8.35. The number of nitrogens with one attached hydrogen (secondary N) is 2. The quantitative estimate of drug-likeness (QED) is 0.508. The zero-order valence-corrected chi connectivity index (χ0v) is 18.6. The fourth-order valence-electron chi connectivity index (χ4n) is 4.18. The predicted molar refractivity (Wildman–Crippen MR) is 125 cm³/mol. The van der Waals surface area contributed by atoms with Crippen molar-refractivity contribution in [1.82, 2.24) is 10.3 Å². The molecule has 0 aliphatic carbocycles. The highest BCUT2D eigenvalue weighted by molar-refractivity contribution is 6.04. The van der Waals surface area contributed by atoms with E-state index in [9.17, 15) is 14.4 Å². The first-order valence-corrected chi connectivity index (χ1v) is 10.7. The molecule has 2 fully saturated rings. The monoisotopic (exact) mass is 452 g/mol. The lowest BCUT2D eigenvalue weighted by atomic mass is 10.0. The Morgan fingerprint density at radius 1 is 0.970 bits per heavy atom. The van der Waals surface area contributed by atoms with E-state index in [2.05, 4.69) is 26.6 Å². The minimum atomic E-state index is -1.26. The molecule has 1 amide bonds. The number of hydrogen-bond acceptors (Lipinski definition) is 6. The van der Waals surface area contributed by atoms with E-state index >= 15 is 0 Å². The van der Waals surface area contributed by atoms with Gasteiger partial charge in [0.15, 0.2) is 0 Å². The maximum absolute atomic E-state index is 12.6. The number of nitrogens with zero attached hydrogens (tertiary/aromatic N) is 2. The summed E-state index contributed by atoms with van der Waals surface area (Å²) in [5, 5.41) is 22.1. The second kappa shape index (κ2) is 10.7. The number of rotatable bonds is 5. The van der Waals surface area contributed by atoms with Crippen LogP contribution in [0.25, 0.3) is 0 Å². The van der Waals surface area contributed by atoms with E-state index < -0.39 is 11.9 Å². The molecule has 3 heterocycles. The van der Waals surface area contributed by atoms with Gasteiger partial charge in [-0.2, -0.15) is 0 Å². The molecule has 0 saturated carbocycles. The number of pyridine rings is 1. The molecule has 0 radical (unpaired) electrons. The summed E-state index contributed by atoms with van der Waals surface area (Å²) in [5.41, 5.74) is 4.75. The van der Waals surface area contributed by atoms with Crippen LogP contribution in [0, 0.1) is 25.7 Å². The van der Waals surface area contributed by atoms with Crippen molar-refractivity contribution in [3.8, 4) is 0 Å². The third-order valence-electron chi connectivity index (χ3n) is 5.59. The number of carbonyl (C=O) groups excluding carboxylic acids is 1. The molecule has 2 atom stereocenters. The molecule has 0 bridgehead atoms. The number of carboxylic acids is 2. The van der Waals surface area contributed by atoms with E-state index in [1.54, 1.807) is 6.20 Å². The highest BCUT2D eigenvalue weighted by Crippen LogP contribution is 2.30. The van der Waals surface area contributed by atoms with Gasteiger partial charge >= 0.3 is 11.9 Å². The van der Waals surface area contributed by atoms with E-state index in [0.29, 0.717) is 29.6 Å². The molecule has 9 heteroatoms. The van der Waals surface area contributed by atoms with Gasteiger partial charge in [-0.15, -0.1) is 0 Å². The average molecular weight is 453 g/mol. The predicted octanol–water partition coefficient (Wildman–Crippen LogP) is 2.32. The van der Waals surface area contributed by atoms with Gasteiger partial charge in [0.1, 0.15) is 0 Å². The second-order valence-corrected chi connectivity index (χ2v) is 8.36. The minimum absolute atomic E-state index is 0.111. The van der Waals surface area contributed by atoms with Crippen molar-refractivity contribution in [3.05, 3.63) is 65.5 Å². The summed E-state index contributed by atoms with van der Waals surface area (Å²) >= 11 is 0. The van der Waals surface area contributed by atoms with Crippen LogP contribution in [0.2, 0.25) is 0 Å². The van der Waals surface area contributed by atoms with Crippen molar-refractivity contribution < 1.29 is 24.6 Å². The number of hydrogen-bond donors (Lipinski definition) is 4. The molecule has 1 aromatic heterocycles. The van der Waals surface area contributed by atoms with Crippen molar-refractivity contribution in [2.45, 2.75) is 13.8 Å². The van der Waals surface area contributed by atoms with Crippen molar-refractivity contribution >= 4 is 29.2 Å². The average Bonchev–Trinajstić information content (AvgIpc) is 3.34. The number of aryl methyl sites for hydroxylation is 2. The van der Waals surface area contributed by atoms with Crippen molar-refractivity contribution in [1.29, 1.82) is 0 Å². The van der Waals surface area contributed by atoms with Gasteiger partial charge in [-0.25, -0.2) is 9.59 Å². The molecule has 1 aromatic carbocycles. The zero-order chi connectivity index (χ0) is 24.0. The molecule has 33 heavy (non-hydrogen) atoms. The van der Waals surface area contributed by atoms with Crippen molar-refractivity contribution in [2.24, 2.45) is 11.8 Å². The molecule has 174 valence electrons. The van der Waals surface area contributed by atoms with Gasteiger partial charge in [0.05, 0.1) is 17.4 Å².